The Balaban J connectivity index is 2.81. The van der Waals surface area contributed by atoms with Crippen LogP contribution < -0.4 is 4.74 Å². The van der Waals surface area contributed by atoms with Gasteiger partial charge in [-0.05, 0) is 25.0 Å². The minimum Gasteiger partial charge on any atom is -0.493 e. The quantitative estimate of drug-likeness (QED) is 0.683. The molecule has 1 aromatic carbocycles. The zero-order valence-electron chi connectivity index (χ0n) is 10.3. The summed E-state index contributed by atoms with van der Waals surface area (Å²) < 4.78 is 5.45. The molecule has 0 N–H and O–H groups in total. The van der Waals surface area contributed by atoms with Crippen LogP contribution in [0, 0.1) is 5.92 Å². The third-order valence-corrected chi connectivity index (χ3v) is 2.72. The molecule has 0 aromatic heterocycles. The molecule has 1 rings (SSSR count). The van der Waals surface area contributed by atoms with Crippen LogP contribution in [0.3, 0.4) is 0 Å². The molecule has 0 amide bonds. The maximum Gasteiger partial charge on any atom is 0.166 e. The highest BCUT2D eigenvalue weighted by molar-refractivity contribution is 5.98. The van der Waals surface area contributed by atoms with E-state index in [4.69, 9.17) is 4.74 Å². The fourth-order valence-electron chi connectivity index (χ4n) is 1.55. The van der Waals surface area contributed by atoms with E-state index in [2.05, 4.69) is 13.8 Å². The maximum atomic E-state index is 12.0. The highest BCUT2D eigenvalue weighted by atomic mass is 16.5. The van der Waals surface area contributed by atoms with Crippen molar-refractivity contribution in [1.29, 1.82) is 0 Å². The van der Waals surface area contributed by atoms with Crippen molar-refractivity contribution in [2.24, 2.45) is 5.92 Å². The Morgan fingerprint density at radius 2 is 2.00 bits per heavy atom. The highest BCUT2D eigenvalue weighted by Crippen LogP contribution is 2.21. The molecular weight excluding hydrogens is 200 g/mol. The van der Waals surface area contributed by atoms with Gasteiger partial charge in [0.2, 0.25) is 0 Å². The lowest BCUT2D eigenvalue weighted by atomic mass is 9.97. The highest BCUT2D eigenvalue weighted by Gasteiger charge is 2.14. The molecule has 0 radical (unpaired) electrons. The Bertz CT molecular complexity index is 344. The van der Waals surface area contributed by atoms with Gasteiger partial charge in [-0.2, -0.15) is 0 Å². The molecule has 0 heterocycles. The predicted octanol–water partition coefficient (Wildman–Crippen LogP) is 3.70. The number of ether oxygens (including phenoxy) is 1. The minimum atomic E-state index is 0.179. The van der Waals surface area contributed by atoms with E-state index < -0.39 is 0 Å². The van der Waals surface area contributed by atoms with E-state index in [1.165, 1.54) is 0 Å². The van der Waals surface area contributed by atoms with Gasteiger partial charge in [0.25, 0.3) is 0 Å². The van der Waals surface area contributed by atoms with Crippen LogP contribution in [0.4, 0.5) is 0 Å². The molecule has 0 aliphatic carbocycles. The van der Waals surface area contributed by atoms with Gasteiger partial charge in [-0.25, -0.2) is 0 Å². The minimum absolute atomic E-state index is 0.179. The second-order valence-corrected chi connectivity index (χ2v) is 4.07. The summed E-state index contributed by atoms with van der Waals surface area (Å²) in [4.78, 5) is 12.0. The largest absolute Gasteiger partial charge is 0.493 e. The lowest BCUT2D eigenvalue weighted by Gasteiger charge is -2.11. The lowest BCUT2D eigenvalue weighted by Crippen LogP contribution is -2.07. The Labute approximate surface area is 97.6 Å². The van der Waals surface area contributed by atoms with E-state index in [1.54, 1.807) is 0 Å². The molecule has 0 saturated heterocycles. The van der Waals surface area contributed by atoms with E-state index in [1.807, 2.05) is 31.2 Å². The summed E-state index contributed by atoms with van der Waals surface area (Å²) in [5, 5.41) is 0. The van der Waals surface area contributed by atoms with Crippen LogP contribution >= 0.6 is 0 Å². The van der Waals surface area contributed by atoms with Crippen LogP contribution in [0.25, 0.3) is 0 Å². The number of carbonyl (C=O) groups excluding carboxylic acids is 1. The normalized spacial score (nSPS) is 12.2. The number of hydrogen-bond acceptors (Lipinski definition) is 2. The molecule has 1 unspecified atom stereocenters. The Hall–Kier alpha value is -1.31. The Kier molecular flexibility index (Phi) is 5.03. The topological polar surface area (TPSA) is 26.3 Å². The second-order valence-electron chi connectivity index (χ2n) is 4.07. The van der Waals surface area contributed by atoms with Crippen molar-refractivity contribution >= 4 is 5.78 Å². The molecular formula is C14H20O2. The average molecular weight is 220 g/mol. The number of carbonyl (C=O) groups is 1. The van der Waals surface area contributed by atoms with E-state index in [9.17, 15) is 4.79 Å². The van der Waals surface area contributed by atoms with Crippen LogP contribution in [0.2, 0.25) is 0 Å². The third-order valence-electron chi connectivity index (χ3n) is 2.72. The second kappa shape index (κ2) is 6.31. The van der Waals surface area contributed by atoms with Crippen molar-refractivity contribution < 1.29 is 9.53 Å². The van der Waals surface area contributed by atoms with Crippen LogP contribution in [0.15, 0.2) is 24.3 Å². The smallest absolute Gasteiger partial charge is 0.166 e. The Morgan fingerprint density at radius 1 is 1.31 bits per heavy atom. The van der Waals surface area contributed by atoms with Crippen LogP contribution in [0.5, 0.6) is 5.75 Å². The zero-order chi connectivity index (χ0) is 12.0. The van der Waals surface area contributed by atoms with E-state index in [-0.39, 0.29) is 5.78 Å². The summed E-state index contributed by atoms with van der Waals surface area (Å²) in [5.41, 5.74) is 0.713. The molecule has 0 spiro atoms. The number of rotatable bonds is 6. The standard InChI is InChI=1S/C14H20O2/c1-4-11(3)10-13(15)12-8-6-7-9-14(12)16-5-2/h6-9,11H,4-5,10H2,1-3H3. The number of hydrogen-bond donors (Lipinski definition) is 0. The van der Waals surface area contributed by atoms with Crippen LogP contribution in [0.1, 0.15) is 44.0 Å². The third kappa shape index (κ3) is 3.37. The molecule has 2 nitrogen and oxygen atoms in total. The van der Waals surface area contributed by atoms with Crippen molar-refractivity contribution in [3.8, 4) is 5.75 Å². The van der Waals surface area contributed by atoms with Gasteiger partial charge in [-0.15, -0.1) is 0 Å². The van der Waals surface area contributed by atoms with Gasteiger partial charge in [0.15, 0.2) is 5.78 Å². The van der Waals surface area contributed by atoms with Crippen LogP contribution in [-0.4, -0.2) is 12.4 Å². The van der Waals surface area contributed by atoms with Crippen LogP contribution in [-0.2, 0) is 0 Å². The number of Topliss-reactive ketones (excluding diaryl/α,β-unsaturated/α-hetero) is 1. The molecule has 0 fully saturated rings. The molecule has 0 aliphatic heterocycles. The molecule has 0 aliphatic rings. The van der Waals surface area contributed by atoms with Crippen molar-refractivity contribution in [3.05, 3.63) is 29.8 Å². The molecule has 0 saturated carbocycles. The fourth-order valence-corrected chi connectivity index (χ4v) is 1.55. The van der Waals surface area contributed by atoms with Gasteiger partial charge < -0.3 is 4.74 Å². The van der Waals surface area contributed by atoms with Gasteiger partial charge in [0, 0.05) is 6.42 Å². The first-order valence-electron chi connectivity index (χ1n) is 5.94. The summed E-state index contributed by atoms with van der Waals surface area (Å²) in [6.45, 7) is 6.72. The van der Waals surface area contributed by atoms with Gasteiger partial charge in [-0.1, -0.05) is 32.4 Å². The van der Waals surface area contributed by atoms with E-state index >= 15 is 0 Å². The molecule has 88 valence electrons. The zero-order valence-corrected chi connectivity index (χ0v) is 10.3. The SMILES string of the molecule is CCOc1ccccc1C(=O)CC(C)CC. The molecule has 2 heteroatoms. The first-order chi connectivity index (χ1) is 7.69. The van der Waals surface area contributed by atoms with Gasteiger partial charge in [0.05, 0.1) is 12.2 Å². The number of para-hydroxylation sites is 1. The summed E-state index contributed by atoms with van der Waals surface area (Å²) >= 11 is 0. The van der Waals surface area contributed by atoms with Crippen molar-refractivity contribution in [1.82, 2.24) is 0 Å². The van der Waals surface area contributed by atoms with E-state index in [0.29, 0.717) is 30.3 Å². The summed E-state index contributed by atoms with van der Waals surface area (Å²) in [6, 6.07) is 7.47. The lowest BCUT2D eigenvalue weighted by molar-refractivity contribution is 0.0960. The van der Waals surface area contributed by atoms with Gasteiger partial charge in [-0.3, -0.25) is 4.79 Å². The predicted molar refractivity (Wildman–Crippen MR) is 66.0 cm³/mol. The summed E-state index contributed by atoms with van der Waals surface area (Å²) in [6.07, 6.45) is 1.63. The number of benzene rings is 1. The molecule has 1 atom stereocenters. The maximum absolute atomic E-state index is 12.0. The Morgan fingerprint density at radius 3 is 2.62 bits per heavy atom. The first-order valence-corrected chi connectivity index (χ1v) is 5.94. The molecule has 0 bridgehead atoms. The molecule has 1 aromatic rings. The average Bonchev–Trinajstić information content (AvgIpc) is 2.30. The van der Waals surface area contributed by atoms with E-state index in [0.717, 1.165) is 6.42 Å². The van der Waals surface area contributed by atoms with Crippen molar-refractivity contribution in [2.45, 2.75) is 33.6 Å². The monoisotopic (exact) mass is 220 g/mol. The van der Waals surface area contributed by atoms with Gasteiger partial charge >= 0.3 is 0 Å². The summed E-state index contributed by atoms with van der Waals surface area (Å²) in [7, 11) is 0. The van der Waals surface area contributed by atoms with Gasteiger partial charge in [0.1, 0.15) is 5.75 Å². The molecule has 16 heavy (non-hydrogen) atoms. The fraction of sp³-hybridized carbons (Fsp3) is 0.500. The van der Waals surface area contributed by atoms with Crippen molar-refractivity contribution in [2.75, 3.05) is 6.61 Å². The summed E-state index contributed by atoms with van der Waals surface area (Å²) in [5.74, 6) is 1.32. The van der Waals surface area contributed by atoms with Crippen molar-refractivity contribution in [3.63, 3.8) is 0 Å². The first kappa shape index (κ1) is 12.8. The number of ketones is 1.